The van der Waals surface area contributed by atoms with Crippen molar-refractivity contribution in [2.75, 3.05) is 6.54 Å². The highest BCUT2D eigenvalue weighted by Crippen LogP contribution is 2.27. The van der Waals surface area contributed by atoms with E-state index in [0.717, 1.165) is 25.1 Å². The number of para-hydroxylation sites is 1. The second-order valence-electron chi connectivity index (χ2n) is 4.23. The molecule has 1 aliphatic rings. The average molecular weight is 205 g/mol. The fraction of sp³-hybridized carbons (Fsp3) is 0.538. The van der Waals surface area contributed by atoms with Gasteiger partial charge in [0.2, 0.25) is 0 Å². The molecule has 0 unspecified atom stereocenters. The van der Waals surface area contributed by atoms with Crippen LogP contribution in [-0.2, 0) is 0 Å². The Morgan fingerprint density at radius 2 is 2.07 bits per heavy atom. The standard InChI is InChI=1S/C13H19NO/c1-3-14-11-8-12(9-11)15-13-7-5-4-6-10(13)2/h4-7,11-12,14H,3,8-9H2,1-2H3. The van der Waals surface area contributed by atoms with Crippen molar-refractivity contribution in [3.05, 3.63) is 29.8 Å². The SMILES string of the molecule is CCNC1CC(Oc2ccccc2C)C1. The molecule has 0 aliphatic heterocycles. The van der Waals surface area contributed by atoms with Gasteiger partial charge in [-0.05, 0) is 37.9 Å². The number of ether oxygens (including phenoxy) is 1. The molecule has 2 heteroatoms. The molecule has 0 aromatic heterocycles. The van der Waals surface area contributed by atoms with Gasteiger partial charge in [0.1, 0.15) is 11.9 Å². The summed E-state index contributed by atoms with van der Waals surface area (Å²) in [5.74, 6) is 1.04. The van der Waals surface area contributed by atoms with Gasteiger partial charge < -0.3 is 10.1 Å². The van der Waals surface area contributed by atoms with Crippen molar-refractivity contribution in [3.63, 3.8) is 0 Å². The van der Waals surface area contributed by atoms with Crippen LogP contribution in [-0.4, -0.2) is 18.7 Å². The first kappa shape index (κ1) is 10.5. The van der Waals surface area contributed by atoms with E-state index in [-0.39, 0.29) is 0 Å². The lowest BCUT2D eigenvalue weighted by Gasteiger charge is -2.36. The van der Waals surface area contributed by atoms with Gasteiger partial charge in [-0.3, -0.25) is 0 Å². The minimum absolute atomic E-state index is 0.412. The molecule has 0 spiro atoms. The zero-order chi connectivity index (χ0) is 10.7. The maximum absolute atomic E-state index is 5.92. The largest absolute Gasteiger partial charge is 0.490 e. The van der Waals surface area contributed by atoms with Gasteiger partial charge in [0.25, 0.3) is 0 Å². The van der Waals surface area contributed by atoms with Gasteiger partial charge in [-0.25, -0.2) is 0 Å². The van der Waals surface area contributed by atoms with Crippen molar-refractivity contribution in [2.24, 2.45) is 0 Å². The van der Waals surface area contributed by atoms with Crippen molar-refractivity contribution < 1.29 is 4.74 Å². The minimum Gasteiger partial charge on any atom is -0.490 e. The van der Waals surface area contributed by atoms with Gasteiger partial charge >= 0.3 is 0 Å². The molecular formula is C13H19NO. The molecule has 0 radical (unpaired) electrons. The maximum atomic E-state index is 5.92. The van der Waals surface area contributed by atoms with E-state index in [2.05, 4.69) is 31.3 Å². The summed E-state index contributed by atoms with van der Waals surface area (Å²) in [5, 5.41) is 3.43. The zero-order valence-electron chi connectivity index (χ0n) is 9.49. The van der Waals surface area contributed by atoms with Crippen LogP contribution in [0, 0.1) is 6.92 Å². The predicted molar refractivity (Wildman–Crippen MR) is 62.3 cm³/mol. The molecule has 1 aromatic rings. The fourth-order valence-electron chi connectivity index (χ4n) is 1.99. The van der Waals surface area contributed by atoms with Crippen molar-refractivity contribution in [2.45, 2.75) is 38.8 Å². The Bertz CT molecular complexity index is 318. The van der Waals surface area contributed by atoms with Gasteiger partial charge in [0.05, 0.1) is 0 Å². The van der Waals surface area contributed by atoms with Crippen LogP contribution >= 0.6 is 0 Å². The maximum Gasteiger partial charge on any atom is 0.122 e. The summed E-state index contributed by atoms with van der Waals surface area (Å²) < 4.78 is 5.92. The molecule has 0 amide bonds. The smallest absolute Gasteiger partial charge is 0.122 e. The molecule has 1 saturated carbocycles. The van der Waals surface area contributed by atoms with Gasteiger partial charge in [-0.15, -0.1) is 0 Å². The van der Waals surface area contributed by atoms with Gasteiger partial charge in [-0.1, -0.05) is 25.1 Å². The van der Waals surface area contributed by atoms with E-state index >= 15 is 0 Å². The molecular weight excluding hydrogens is 186 g/mol. The molecule has 0 saturated heterocycles. The number of aryl methyl sites for hydroxylation is 1. The van der Waals surface area contributed by atoms with Crippen molar-refractivity contribution >= 4 is 0 Å². The molecule has 2 nitrogen and oxygen atoms in total. The molecule has 0 bridgehead atoms. The van der Waals surface area contributed by atoms with Crippen molar-refractivity contribution in [1.82, 2.24) is 5.32 Å². The lowest BCUT2D eigenvalue weighted by Crippen LogP contribution is -2.46. The van der Waals surface area contributed by atoms with Crippen LogP contribution in [0.3, 0.4) is 0 Å². The summed E-state index contributed by atoms with van der Waals surface area (Å²) in [6.45, 7) is 5.30. The summed E-state index contributed by atoms with van der Waals surface area (Å²) in [5.41, 5.74) is 1.23. The first-order chi connectivity index (χ1) is 7.29. The summed E-state index contributed by atoms with van der Waals surface area (Å²) in [7, 11) is 0. The number of nitrogens with one attached hydrogen (secondary N) is 1. The zero-order valence-corrected chi connectivity index (χ0v) is 9.49. The minimum atomic E-state index is 0.412. The Hall–Kier alpha value is -1.02. The Labute approximate surface area is 91.6 Å². The van der Waals surface area contributed by atoms with E-state index in [1.165, 1.54) is 5.56 Å². The van der Waals surface area contributed by atoms with Crippen LogP contribution in [0.1, 0.15) is 25.3 Å². The first-order valence-corrected chi connectivity index (χ1v) is 5.75. The number of benzene rings is 1. The van der Waals surface area contributed by atoms with Crippen molar-refractivity contribution in [3.8, 4) is 5.75 Å². The average Bonchev–Trinajstić information content (AvgIpc) is 2.18. The van der Waals surface area contributed by atoms with Crippen LogP contribution < -0.4 is 10.1 Å². The van der Waals surface area contributed by atoms with E-state index in [4.69, 9.17) is 4.74 Å². The van der Waals surface area contributed by atoms with Crippen LogP contribution in [0.25, 0.3) is 0 Å². The van der Waals surface area contributed by atoms with Crippen LogP contribution in [0.4, 0.5) is 0 Å². The Morgan fingerprint density at radius 1 is 1.33 bits per heavy atom. The fourth-order valence-corrected chi connectivity index (χ4v) is 1.99. The normalized spacial score (nSPS) is 24.7. The third-order valence-corrected chi connectivity index (χ3v) is 2.97. The van der Waals surface area contributed by atoms with E-state index in [0.29, 0.717) is 12.1 Å². The number of hydrogen-bond acceptors (Lipinski definition) is 2. The summed E-state index contributed by atoms with van der Waals surface area (Å²) >= 11 is 0. The highest BCUT2D eigenvalue weighted by Gasteiger charge is 2.30. The summed E-state index contributed by atoms with van der Waals surface area (Å²) in [6, 6.07) is 8.89. The van der Waals surface area contributed by atoms with E-state index in [1.807, 2.05) is 12.1 Å². The lowest BCUT2D eigenvalue weighted by molar-refractivity contribution is 0.0853. The van der Waals surface area contributed by atoms with E-state index in [1.54, 1.807) is 0 Å². The number of hydrogen-bond donors (Lipinski definition) is 1. The molecule has 1 aromatic carbocycles. The van der Waals surface area contributed by atoms with Gasteiger partial charge in [0, 0.05) is 6.04 Å². The Morgan fingerprint density at radius 3 is 2.73 bits per heavy atom. The highest BCUT2D eigenvalue weighted by atomic mass is 16.5. The third-order valence-electron chi connectivity index (χ3n) is 2.97. The highest BCUT2D eigenvalue weighted by molar-refractivity contribution is 5.32. The molecule has 15 heavy (non-hydrogen) atoms. The van der Waals surface area contributed by atoms with Crippen LogP contribution in [0.5, 0.6) is 5.75 Å². The third kappa shape index (κ3) is 2.51. The first-order valence-electron chi connectivity index (χ1n) is 5.75. The molecule has 1 aliphatic carbocycles. The Balaban J connectivity index is 1.82. The van der Waals surface area contributed by atoms with Gasteiger partial charge in [0.15, 0.2) is 0 Å². The monoisotopic (exact) mass is 205 g/mol. The summed E-state index contributed by atoms with van der Waals surface area (Å²) in [6.07, 6.45) is 2.69. The second kappa shape index (κ2) is 4.67. The summed E-state index contributed by atoms with van der Waals surface area (Å²) in [4.78, 5) is 0. The molecule has 82 valence electrons. The van der Waals surface area contributed by atoms with Gasteiger partial charge in [-0.2, -0.15) is 0 Å². The topological polar surface area (TPSA) is 21.3 Å². The molecule has 0 heterocycles. The van der Waals surface area contributed by atoms with Crippen LogP contribution in [0.15, 0.2) is 24.3 Å². The molecule has 2 rings (SSSR count). The van der Waals surface area contributed by atoms with E-state index in [9.17, 15) is 0 Å². The molecule has 0 atom stereocenters. The predicted octanol–water partition coefficient (Wildman–Crippen LogP) is 2.51. The lowest BCUT2D eigenvalue weighted by atomic mass is 9.89. The van der Waals surface area contributed by atoms with E-state index < -0.39 is 0 Å². The van der Waals surface area contributed by atoms with Crippen LogP contribution in [0.2, 0.25) is 0 Å². The Kier molecular flexibility index (Phi) is 3.27. The number of rotatable bonds is 4. The van der Waals surface area contributed by atoms with Crippen molar-refractivity contribution in [1.29, 1.82) is 0 Å². The quantitative estimate of drug-likeness (QED) is 0.815. The second-order valence-corrected chi connectivity index (χ2v) is 4.23. The molecule has 1 fully saturated rings. The molecule has 1 N–H and O–H groups in total.